The zero-order valence-electron chi connectivity index (χ0n) is 22.1. The van der Waals surface area contributed by atoms with E-state index < -0.39 is 5.60 Å². The molecule has 3 aromatic rings. The molecule has 4 fully saturated rings. The molecule has 3 aliphatic heterocycles. The first-order chi connectivity index (χ1) is 18.6. The number of aromatic nitrogens is 1. The molecule has 7 rings (SSSR count). The number of hydrogen-bond acceptors (Lipinski definition) is 5. The van der Waals surface area contributed by atoms with Crippen LogP contribution < -0.4 is 0 Å². The SMILES string of the molecule is N#Cc1ccc(CO[C@H]2C[N+]3(Cc4cnc([C@](O)(c5ccccc5)C5CCCCC5)o4)CCC2CC3)cc1. The molecule has 2 aromatic carbocycles. The number of fused-ring (bicyclic) bond motifs is 3. The van der Waals surface area contributed by atoms with Crippen molar-refractivity contribution in [1.82, 2.24) is 4.98 Å². The van der Waals surface area contributed by atoms with Gasteiger partial charge in [-0.05, 0) is 36.1 Å². The van der Waals surface area contributed by atoms with Crippen molar-refractivity contribution in [2.75, 3.05) is 19.6 Å². The molecule has 2 atom stereocenters. The van der Waals surface area contributed by atoms with Crippen molar-refractivity contribution >= 4 is 0 Å². The molecule has 0 radical (unpaired) electrons. The summed E-state index contributed by atoms with van der Waals surface area (Å²) < 4.78 is 13.9. The van der Waals surface area contributed by atoms with Crippen molar-refractivity contribution in [1.29, 1.82) is 5.26 Å². The van der Waals surface area contributed by atoms with Crippen LogP contribution in [0.5, 0.6) is 0 Å². The number of hydrogen-bond donors (Lipinski definition) is 1. The van der Waals surface area contributed by atoms with E-state index in [0.717, 1.165) is 86.1 Å². The predicted molar refractivity (Wildman–Crippen MR) is 144 cm³/mol. The smallest absolute Gasteiger partial charge is 0.231 e. The highest BCUT2D eigenvalue weighted by Gasteiger charge is 2.48. The van der Waals surface area contributed by atoms with Gasteiger partial charge in [-0.15, -0.1) is 0 Å². The van der Waals surface area contributed by atoms with Gasteiger partial charge in [0, 0.05) is 24.7 Å². The maximum atomic E-state index is 12.2. The van der Waals surface area contributed by atoms with E-state index in [-0.39, 0.29) is 12.0 Å². The van der Waals surface area contributed by atoms with E-state index in [4.69, 9.17) is 19.4 Å². The number of rotatable bonds is 8. The van der Waals surface area contributed by atoms with Crippen molar-refractivity contribution in [2.45, 2.75) is 69.8 Å². The van der Waals surface area contributed by atoms with Crippen LogP contribution in [-0.4, -0.2) is 40.3 Å². The molecule has 1 saturated carbocycles. The fraction of sp³-hybridized carbons (Fsp3) is 0.500. The van der Waals surface area contributed by atoms with Crippen LogP contribution in [0.25, 0.3) is 0 Å². The number of piperidine rings is 3. The first-order valence-electron chi connectivity index (χ1n) is 14.3. The molecular formula is C32H38N3O3+. The standard InChI is InChI=1S/C32H38N3O3/c33-19-24-11-13-25(14-12-24)23-37-30-22-35(17-15-26(30)16-18-35)21-29-20-34-31(38-29)32(36,27-7-3-1-4-8-27)28-9-5-2-6-10-28/h1,3-4,7-8,11-14,20,26,28,30,36H,2,5-6,9-10,15-18,21-23H2/q+1/t26?,30-,32-,35?/m0/s1. The summed E-state index contributed by atoms with van der Waals surface area (Å²) in [6, 6.07) is 19.8. The van der Waals surface area contributed by atoms with Gasteiger partial charge in [0.15, 0.2) is 11.4 Å². The third-order valence-corrected chi connectivity index (χ3v) is 9.37. The fourth-order valence-electron chi connectivity index (χ4n) is 7.14. The Balaban J connectivity index is 1.18. The molecule has 4 heterocycles. The first-order valence-corrected chi connectivity index (χ1v) is 14.3. The van der Waals surface area contributed by atoms with Gasteiger partial charge in [0.25, 0.3) is 0 Å². The molecule has 1 aliphatic carbocycles. The Morgan fingerprint density at radius 3 is 2.45 bits per heavy atom. The van der Waals surface area contributed by atoms with Crippen LogP contribution in [0.15, 0.2) is 65.2 Å². The first kappa shape index (κ1) is 25.3. The van der Waals surface area contributed by atoms with Gasteiger partial charge in [0.05, 0.1) is 37.5 Å². The zero-order valence-corrected chi connectivity index (χ0v) is 22.1. The minimum atomic E-state index is -1.19. The zero-order chi connectivity index (χ0) is 26.0. The second-order valence-electron chi connectivity index (χ2n) is 11.7. The molecule has 4 aliphatic rings. The molecule has 2 bridgehead atoms. The third kappa shape index (κ3) is 4.91. The lowest BCUT2D eigenvalue weighted by Gasteiger charge is -2.52. The van der Waals surface area contributed by atoms with Gasteiger partial charge in [0.2, 0.25) is 5.89 Å². The molecule has 0 unspecified atom stereocenters. The third-order valence-electron chi connectivity index (χ3n) is 9.37. The van der Waals surface area contributed by atoms with Crippen molar-refractivity contribution in [3.63, 3.8) is 0 Å². The molecule has 198 valence electrons. The van der Waals surface area contributed by atoms with Crippen LogP contribution in [0.2, 0.25) is 0 Å². The number of benzene rings is 2. The summed E-state index contributed by atoms with van der Waals surface area (Å²) in [7, 11) is 0. The van der Waals surface area contributed by atoms with Gasteiger partial charge >= 0.3 is 0 Å². The van der Waals surface area contributed by atoms with E-state index in [0.29, 0.717) is 24.0 Å². The topological polar surface area (TPSA) is 79.3 Å². The Kier molecular flexibility index (Phi) is 7.09. The number of oxazole rings is 1. The van der Waals surface area contributed by atoms with E-state index >= 15 is 0 Å². The predicted octanol–water partition coefficient (Wildman–Crippen LogP) is 5.69. The Hall–Kier alpha value is -2.98. The van der Waals surface area contributed by atoms with Crippen molar-refractivity contribution < 1.29 is 18.7 Å². The van der Waals surface area contributed by atoms with Gasteiger partial charge < -0.3 is 18.7 Å². The van der Waals surface area contributed by atoms with E-state index in [1.807, 2.05) is 60.8 Å². The van der Waals surface area contributed by atoms with Crippen LogP contribution in [-0.2, 0) is 23.5 Å². The maximum absolute atomic E-state index is 12.2. The van der Waals surface area contributed by atoms with Gasteiger partial charge in [-0.25, -0.2) is 4.98 Å². The van der Waals surface area contributed by atoms with Crippen LogP contribution in [0, 0.1) is 23.2 Å². The van der Waals surface area contributed by atoms with E-state index in [9.17, 15) is 5.11 Å². The second-order valence-corrected chi connectivity index (χ2v) is 11.7. The summed E-state index contributed by atoms with van der Waals surface area (Å²) in [6.07, 6.45) is 9.88. The molecular weight excluding hydrogens is 474 g/mol. The maximum Gasteiger partial charge on any atom is 0.231 e. The Morgan fingerprint density at radius 2 is 1.74 bits per heavy atom. The molecule has 6 nitrogen and oxygen atoms in total. The lowest BCUT2D eigenvalue weighted by Crippen LogP contribution is -2.63. The summed E-state index contributed by atoms with van der Waals surface area (Å²) in [6.45, 7) is 4.59. The minimum Gasteiger partial charge on any atom is -0.436 e. The Labute approximate surface area is 225 Å². The summed E-state index contributed by atoms with van der Waals surface area (Å²) >= 11 is 0. The normalized spacial score (nSPS) is 27.1. The fourth-order valence-corrected chi connectivity index (χ4v) is 7.14. The summed E-state index contributed by atoms with van der Waals surface area (Å²) in [4.78, 5) is 4.71. The average molecular weight is 513 g/mol. The molecule has 0 spiro atoms. The number of nitriles is 1. The molecule has 38 heavy (non-hydrogen) atoms. The van der Waals surface area contributed by atoms with E-state index in [1.165, 1.54) is 6.42 Å². The summed E-state index contributed by atoms with van der Waals surface area (Å²) in [5.41, 5.74) is 1.47. The number of quaternary nitrogens is 1. The van der Waals surface area contributed by atoms with Gasteiger partial charge in [-0.1, -0.05) is 61.7 Å². The molecule has 1 aromatic heterocycles. The highest BCUT2D eigenvalue weighted by molar-refractivity contribution is 5.31. The quantitative estimate of drug-likeness (QED) is 0.392. The lowest BCUT2D eigenvalue weighted by atomic mass is 9.73. The molecule has 3 saturated heterocycles. The Bertz CT molecular complexity index is 1250. The minimum absolute atomic E-state index is 0.114. The highest BCUT2D eigenvalue weighted by atomic mass is 16.5. The molecule has 6 heteroatoms. The van der Waals surface area contributed by atoms with E-state index in [2.05, 4.69) is 6.07 Å². The summed E-state index contributed by atoms with van der Waals surface area (Å²) in [5, 5.41) is 21.2. The monoisotopic (exact) mass is 512 g/mol. The van der Waals surface area contributed by atoms with Gasteiger partial charge in [-0.2, -0.15) is 5.26 Å². The van der Waals surface area contributed by atoms with Crippen LogP contribution in [0.1, 0.15) is 73.3 Å². The number of nitrogens with zero attached hydrogens (tertiary/aromatic N) is 3. The van der Waals surface area contributed by atoms with Crippen LogP contribution >= 0.6 is 0 Å². The van der Waals surface area contributed by atoms with E-state index in [1.54, 1.807) is 0 Å². The molecule has 0 amide bonds. The number of aliphatic hydroxyl groups is 1. The lowest BCUT2D eigenvalue weighted by molar-refractivity contribution is -0.959. The van der Waals surface area contributed by atoms with Crippen LogP contribution in [0.3, 0.4) is 0 Å². The molecule has 1 N–H and O–H groups in total. The van der Waals surface area contributed by atoms with Crippen molar-refractivity contribution in [3.8, 4) is 6.07 Å². The van der Waals surface area contributed by atoms with Crippen molar-refractivity contribution in [2.24, 2.45) is 11.8 Å². The number of ether oxygens (including phenoxy) is 1. The van der Waals surface area contributed by atoms with Gasteiger partial charge in [0.1, 0.15) is 19.2 Å². The van der Waals surface area contributed by atoms with Crippen molar-refractivity contribution in [3.05, 3.63) is 89.1 Å². The van der Waals surface area contributed by atoms with Gasteiger partial charge in [-0.3, -0.25) is 0 Å². The summed E-state index contributed by atoms with van der Waals surface area (Å²) in [5.74, 6) is 2.02. The highest BCUT2D eigenvalue weighted by Crippen LogP contribution is 2.44. The second kappa shape index (κ2) is 10.6. The largest absolute Gasteiger partial charge is 0.436 e. The average Bonchev–Trinajstić information content (AvgIpc) is 3.45. The van der Waals surface area contributed by atoms with Crippen LogP contribution in [0.4, 0.5) is 0 Å². The Morgan fingerprint density at radius 1 is 1.00 bits per heavy atom.